The van der Waals surface area contributed by atoms with Crippen LogP contribution in [0.5, 0.6) is 0 Å². The molecule has 1 unspecified atom stereocenters. The molecule has 168 valence electrons. The SMILES string of the molecule is CC(C)(C)N(C(=O)O)C1CCN(C(=O)C(c2csc(Cl)c2)C2(O)CCCCC2)CC1. The number of halogens is 1. The van der Waals surface area contributed by atoms with Gasteiger partial charge < -0.3 is 20.0 Å². The van der Waals surface area contributed by atoms with Gasteiger partial charge in [0.1, 0.15) is 0 Å². The van der Waals surface area contributed by atoms with Crippen molar-refractivity contribution in [1.29, 1.82) is 0 Å². The highest BCUT2D eigenvalue weighted by Gasteiger charge is 2.46. The molecule has 1 aromatic heterocycles. The molecule has 30 heavy (non-hydrogen) atoms. The highest BCUT2D eigenvalue weighted by molar-refractivity contribution is 7.14. The van der Waals surface area contributed by atoms with Gasteiger partial charge in [0.2, 0.25) is 5.91 Å². The van der Waals surface area contributed by atoms with Crippen LogP contribution in [0.1, 0.15) is 77.2 Å². The lowest BCUT2D eigenvalue weighted by Crippen LogP contribution is -2.56. The highest BCUT2D eigenvalue weighted by atomic mass is 35.5. The Kier molecular flexibility index (Phi) is 7.04. The molecule has 0 radical (unpaired) electrons. The minimum absolute atomic E-state index is 0.0649. The van der Waals surface area contributed by atoms with Crippen LogP contribution in [0.15, 0.2) is 11.4 Å². The van der Waals surface area contributed by atoms with Gasteiger partial charge >= 0.3 is 6.09 Å². The summed E-state index contributed by atoms with van der Waals surface area (Å²) in [5, 5.41) is 23.0. The lowest BCUT2D eigenvalue weighted by atomic mass is 9.72. The molecule has 1 aliphatic heterocycles. The average Bonchev–Trinajstić information content (AvgIpc) is 3.07. The van der Waals surface area contributed by atoms with Gasteiger partial charge in [0, 0.05) is 24.7 Å². The molecule has 1 atom stereocenters. The van der Waals surface area contributed by atoms with E-state index in [0.29, 0.717) is 43.1 Å². The molecule has 1 saturated carbocycles. The third kappa shape index (κ3) is 4.94. The summed E-state index contributed by atoms with van der Waals surface area (Å²) < 4.78 is 0.614. The number of carbonyl (C=O) groups excluding carboxylic acids is 1. The Morgan fingerprint density at radius 1 is 1.23 bits per heavy atom. The first-order valence-corrected chi connectivity index (χ1v) is 12.1. The normalized spacial score (nSPS) is 21.3. The summed E-state index contributed by atoms with van der Waals surface area (Å²) in [5.74, 6) is -0.679. The number of aliphatic hydroxyl groups is 1. The summed E-state index contributed by atoms with van der Waals surface area (Å²) in [4.78, 5) is 28.7. The van der Waals surface area contributed by atoms with Gasteiger partial charge in [-0.25, -0.2) is 4.79 Å². The second-order valence-corrected chi connectivity index (χ2v) is 11.2. The molecule has 2 aliphatic rings. The molecule has 2 amide bonds. The van der Waals surface area contributed by atoms with E-state index in [9.17, 15) is 19.8 Å². The summed E-state index contributed by atoms with van der Waals surface area (Å²) in [6.45, 7) is 6.68. The zero-order valence-corrected chi connectivity index (χ0v) is 19.6. The lowest BCUT2D eigenvalue weighted by molar-refractivity contribution is -0.143. The topological polar surface area (TPSA) is 81.1 Å². The quantitative estimate of drug-likeness (QED) is 0.671. The second-order valence-electron chi connectivity index (χ2n) is 9.66. The van der Waals surface area contributed by atoms with Crippen molar-refractivity contribution in [2.24, 2.45) is 0 Å². The molecule has 2 N–H and O–H groups in total. The zero-order valence-electron chi connectivity index (χ0n) is 18.1. The van der Waals surface area contributed by atoms with Gasteiger partial charge in [-0.05, 0) is 63.5 Å². The first-order chi connectivity index (χ1) is 14.0. The molecule has 0 spiro atoms. The van der Waals surface area contributed by atoms with Crippen LogP contribution in [-0.4, -0.2) is 62.3 Å². The molecule has 2 heterocycles. The van der Waals surface area contributed by atoms with Crippen molar-refractivity contribution in [1.82, 2.24) is 9.80 Å². The van der Waals surface area contributed by atoms with Crippen LogP contribution < -0.4 is 0 Å². The van der Waals surface area contributed by atoms with Gasteiger partial charge in [0.05, 0.1) is 15.9 Å². The van der Waals surface area contributed by atoms with Crippen molar-refractivity contribution in [3.8, 4) is 0 Å². The summed E-state index contributed by atoms with van der Waals surface area (Å²) in [5.41, 5.74) is -0.742. The molecule has 1 aromatic rings. The number of carboxylic acid groups (broad SMARTS) is 1. The Balaban J connectivity index is 1.77. The number of hydrogen-bond acceptors (Lipinski definition) is 4. The molecule has 0 bridgehead atoms. The Labute approximate surface area is 187 Å². The van der Waals surface area contributed by atoms with Crippen molar-refractivity contribution < 1.29 is 19.8 Å². The van der Waals surface area contributed by atoms with Crippen LogP contribution in [0, 0.1) is 0 Å². The van der Waals surface area contributed by atoms with Crippen LogP contribution in [-0.2, 0) is 4.79 Å². The monoisotopic (exact) mass is 456 g/mol. The molecule has 6 nitrogen and oxygen atoms in total. The van der Waals surface area contributed by atoms with Gasteiger partial charge in [-0.2, -0.15) is 0 Å². The summed E-state index contributed by atoms with van der Waals surface area (Å²) >= 11 is 7.54. The number of carbonyl (C=O) groups is 2. The molecule has 3 rings (SSSR count). The number of thiophene rings is 1. The summed E-state index contributed by atoms with van der Waals surface area (Å²) in [6, 6.07) is 1.69. The molecular weight excluding hydrogens is 424 g/mol. The Hall–Kier alpha value is -1.31. The average molecular weight is 457 g/mol. The maximum Gasteiger partial charge on any atom is 0.407 e. The third-order valence-electron chi connectivity index (χ3n) is 6.49. The largest absolute Gasteiger partial charge is 0.465 e. The fourth-order valence-corrected chi connectivity index (χ4v) is 6.04. The summed E-state index contributed by atoms with van der Waals surface area (Å²) in [6.07, 6.45) is 4.43. The van der Waals surface area contributed by atoms with Crippen molar-refractivity contribution in [2.75, 3.05) is 13.1 Å². The van der Waals surface area contributed by atoms with E-state index in [1.807, 2.05) is 31.1 Å². The maximum atomic E-state index is 13.6. The second kappa shape index (κ2) is 9.05. The van der Waals surface area contributed by atoms with Gasteiger partial charge in [-0.3, -0.25) is 4.79 Å². The third-order valence-corrected chi connectivity index (χ3v) is 7.60. The smallest absolute Gasteiger partial charge is 0.407 e. The Morgan fingerprint density at radius 3 is 2.30 bits per heavy atom. The molecule has 1 saturated heterocycles. The van der Waals surface area contributed by atoms with Crippen molar-refractivity contribution in [2.45, 2.75) is 88.8 Å². The minimum Gasteiger partial charge on any atom is -0.465 e. The van der Waals surface area contributed by atoms with Gasteiger partial charge in [-0.15, -0.1) is 11.3 Å². The highest BCUT2D eigenvalue weighted by Crippen LogP contribution is 2.43. The van der Waals surface area contributed by atoms with Gasteiger partial charge in [-0.1, -0.05) is 30.9 Å². The lowest BCUT2D eigenvalue weighted by Gasteiger charge is -2.45. The van der Waals surface area contributed by atoms with Gasteiger partial charge in [0.15, 0.2) is 0 Å². The van der Waals surface area contributed by atoms with E-state index in [1.54, 1.807) is 6.07 Å². The summed E-state index contributed by atoms with van der Waals surface area (Å²) in [7, 11) is 0. The number of nitrogens with zero attached hydrogens (tertiary/aromatic N) is 2. The van der Waals surface area contributed by atoms with E-state index in [4.69, 9.17) is 11.6 Å². The van der Waals surface area contributed by atoms with Crippen molar-refractivity contribution in [3.63, 3.8) is 0 Å². The number of hydrogen-bond donors (Lipinski definition) is 2. The molecule has 8 heteroatoms. The fourth-order valence-electron chi connectivity index (χ4n) is 5.13. The van der Waals surface area contributed by atoms with E-state index in [-0.39, 0.29) is 11.9 Å². The first kappa shape index (κ1) is 23.4. The number of likely N-dealkylation sites (tertiary alicyclic amines) is 1. The van der Waals surface area contributed by atoms with E-state index in [1.165, 1.54) is 16.2 Å². The maximum absolute atomic E-state index is 13.6. The predicted octanol–water partition coefficient (Wildman–Crippen LogP) is 4.95. The van der Waals surface area contributed by atoms with Crippen LogP contribution in [0.3, 0.4) is 0 Å². The van der Waals surface area contributed by atoms with Crippen molar-refractivity contribution in [3.05, 3.63) is 21.3 Å². The zero-order chi connectivity index (χ0) is 22.1. The van der Waals surface area contributed by atoms with Crippen LogP contribution in [0.25, 0.3) is 0 Å². The molecule has 1 aliphatic carbocycles. The van der Waals surface area contributed by atoms with E-state index in [2.05, 4.69) is 0 Å². The fraction of sp³-hybridized carbons (Fsp3) is 0.727. The van der Waals surface area contributed by atoms with Gasteiger partial charge in [0.25, 0.3) is 0 Å². The van der Waals surface area contributed by atoms with Crippen LogP contribution >= 0.6 is 22.9 Å². The molecule has 0 aromatic carbocycles. The number of piperidine rings is 1. The Bertz CT molecular complexity index is 761. The predicted molar refractivity (Wildman–Crippen MR) is 119 cm³/mol. The molecular formula is C22H33ClN2O4S. The first-order valence-electron chi connectivity index (χ1n) is 10.8. The number of amides is 2. The van der Waals surface area contributed by atoms with Crippen LogP contribution in [0.4, 0.5) is 4.79 Å². The van der Waals surface area contributed by atoms with E-state index >= 15 is 0 Å². The standard InChI is InChI=1S/C22H33ClN2O4S/c1-21(2,3)25(20(27)28)16-7-11-24(12-8-16)19(26)18(15-13-17(23)30-14-15)22(29)9-5-4-6-10-22/h13-14,16,18,29H,4-12H2,1-3H3,(H,27,28). The van der Waals surface area contributed by atoms with E-state index < -0.39 is 23.2 Å². The minimum atomic E-state index is -1.05. The van der Waals surface area contributed by atoms with E-state index in [0.717, 1.165) is 24.8 Å². The van der Waals surface area contributed by atoms with Crippen LogP contribution in [0.2, 0.25) is 4.34 Å². The Morgan fingerprint density at radius 2 is 1.83 bits per heavy atom. The molecule has 2 fully saturated rings. The number of rotatable bonds is 4. The van der Waals surface area contributed by atoms with Crippen molar-refractivity contribution >= 4 is 34.9 Å².